The lowest BCUT2D eigenvalue weighted by Crippen LogP contribution is -2.01. The van der Waals surface area contributed by atoms with Crippen molar-refractivity contribution < 1.29 is 24.8 Å². The number of aromatic nitrogens is 3. The largest absolute Gasteiger partial charge is 0.508 e. The second-order valence-corrected chi connectivity index (χ2v) is 10.2. The van der Waals surface area contributed by atoms with Crippen LogP contribution < -0.4 is 9.47 Å². The van der Waals surface area contributed by atoms with E-state index in [1.165, 1.54) is 43.9 Å². The number of ether oxygens (including phenoxy) is 2. The number of phenolic OH excluding ortho intramolecular Hbond substituents is 3. The molecule has 5 aromatic rings. The molecule has 8 nitrogen and oxygen atoms in total. The average molecular weight is 578 g/mol. The Kier molecular flexibility index (Phi) is 9.69. The minimum atomic E-state index is -0.183. The van der Waals surface area contributed by atoms with E-state index in [0.717, 1.165) is 18.6 Å². The lowest BCUT2D eigenvalue weighted by Gasteiger charge is -2.12. The number of benzene rings is 4. The topological polar surface area (TPSA) is 118 Å². The molecule has 0 atom stereocenters. The average Bonchev–Trinajstić information content (AvgIpc) is 3.01. The molecular formula is C35H35N3O5. The minimum absolute atomic E-state index is 0.0370. The molecule has 8 heteroatoms. The van der Waals surface area contributed by atoms with Crippen molar-refractivity contribution in [3.05, 3.63) is 91.0 Å². The van der Waals surface area contributed by atoms with E-state index in [1.54, 1.807) is 18.2 Å². The summed E-state index contributed by atoms with van der Waals surface area (Å²) in [5.41, 5.74) is 1.38. The summed E-state index contributed by atoms with van der Waals surface area (Å²) >= 11 is 0. The monoisotopic (exact) mass is 577 g/mol. The van der Waals surface area contributed by atoms with E-state index >= 15 is 0 Å². The maximum Gasteiger partial charge on any atom is 0.167 e. The Balaban J connectivity index is 1.42. The molecule has 5 rings (SSSR count). The molecule has 0 amide bonds. The van der Waals surface area contributed by atoms with Gasteiger partial charge in [0.05, 0.1) is 17.7 Å². The summed E-state index contributed by atoms with van der Waals surface area (Å²) in [4.78, 5) is 13.9. The quantitative estimate of drug-likeness (QED) is 0.119. The van der Waals surface area contributed by atoms with E-state index in [-0.39, 0.29) is 28.9 Å². The molecule has 0 bridgehead atoms. The zero-order valence-electron chi connectivity index (χ0n) is 24.1. The van der Waals surface area contributed by atoms with Crippen LogP contribution in [0.3, 0.4) is 0 Å². The van der Waals surface area contributed by atoms with E-state index in [2.05, 4.69) is 21.9 Å². The summed E-state index contributed by atoms with van der Waals surface area (Å²) in [5, 5.41) is 31.3. The molecule has 0 spiro atoms. The summed E-state index contributed by atoms with van der Waals surface area (Å²) in [6, 6.07) is 26.0. The van der Waals surface area contributed by atoms with Gasteiger partial charge in [-0.15, -0.1) is 0 Å². The zero-order valence-corrected chi connectivity index (χ0v) is 24.1. The van der Waals surface area contributed by atoms with Crippen LogP contribution in [0.4, 0.5) is 0 Å². The predicted octanol–water partition coefficient (Wildman–Crippen LogP) is 8.52. The minimum Gasteiger partial charge on any atom is -0.508 e. The Labute approximate surface area is 251 Å². The molecule has 4 aromatic carbocycles. The van der Waals surface area contributed by atoms with Gasteiger partial charge in [0, 0.05) is 17.7 Å². The van der Waals surface area contributed by atoms with Gasteiger partial charge in [-0.1, -0.05) is 57.2 Å². The number of rotatable bonds is 13. The second-order valence-electron chi connectivity index (χ2n) is 10.2. The van der Waals surface area contributed by atoms with Crippen molar-refractivity contribution in [2.75, 3.05) is 6.61 Å². The Morgan fingerprint density at radius 2 is 1.14 bits per heavy atom. The molecule has 0 unspecified atom stereocenters. The first-order valence-electron chi connectivity index (χ1n) is 14.6. The molecule has 0 aliphatic carbocycles. The van der Waals surface area contributed by atoms with Gasteiger partial charge in [0.25, 0.3) is 0 Å². The van der Waals surface area contributed by atoms with Crippen LogP contribution in [0.2, 0.25) is 0 Å². The Morgan fingerprint density at radius 1 is 0.558 bits per heavy atom. The van der Waals surface area contributed by atoms with Gasteiger partial charge in [-0.2, -0.15) is 0 Å². The van der Waals surface area contributed by atoms with Gasteiger partial charge >= 0.3 is 0 Å². The fourth-order valence-electron chi connectivity index (χ4n) is 4.61. The van der Waals surface area contributed by atoms with Crippen LogP contribution in [0.5, 0.6) is 34.5 Å². The van der Waals surface area contributed by atoms with E-state index < -0.39 is 0 Å². The Hall–Kier alpha value is -5.11. The van der Waals surface area contributed by atoms with Crippen molar-refractivity contribution in [3.63, 3.8) is 0 Å². The van der Waals surface area contributed by atoms with Gasteiger partial charge in [-0.05, 0) is 67.1 Å². The van der Waals surface area contributed by atoms with E-state index in [0.29, 0.717) is 40.6 Å². The molecular weight excluding hydrogens is 542 g/mol. The van der Waals surface area contributed by atoms with Gasteiger partial charge in [0.1, 0.15) is 34.5 Å². The molecule has 0 saturated carbocycles. The fourth-order valence-corrected chi connectivity index (χ4v) is 4.61. The molecule has 43 heavy (non-hydrogen) atoms. The van der Waals surface area contributed by atoms with Crippen LogP contribution in [-0.4, -0.2) is 36.9 Å². The lowest BCUT2D eigenvalue weighted by atomic mass is 10.1. The maximum absolute atomic E-state index is 11.0. The lowest BCUT2D eigenvalue weighted by molar-refractivity contribution is 0.303. The Morgan fingerprint density at radius 3 is 1.81 bits per heavy atom. The number of phenols is 3. The first-order chi connectivity index (χ1) is 21.0. The van der Waals surface area contributed by atoms with Gasteiger partial charge in [0.15, 0.2) is 17.5 Å². The second kappa shape index (κ2) is 14.2. The maximum atomic E-state index is 11.0. The smallest absolute Gasteiger partial charge is 0.167 e. The number of aromatic hydroxyl groups is 3. The first kappa shape index (κ1) is 29.4. The Bertz CT molecular complexity index is 1640. The molecule has 0 aliphatic heterocycles. The molecule has 0 aliphatic rings. The molecule has 220 valence electrons. The van der Waals surface area contributed by atoms with Crippen LogP contribution in [-0.2, 0) is 0 Å². The fraction of sp³-hybridized carbons (Fsp3) is 0.229. The van der Waals surface area contributed by atoms with E-state index in [1.807, 2.05) is 54.6 Å². The number of hydrogen-bond donors (Lipinski definition) is 3. The van der Waals surface area contributed by atoms with Crippen molar-refractivity contribution in [1.82, 2.24) is 15.0 Å². The van der Waals surface area contributed by atoms with Crippen molar-refractivity contribution in [1.29, 1.82) is 0 Å². The highest BCUT2D eigenvalue weighted by Gasteiger charge is 2.17. The van der Waals surface area contributed by atoms with Gasteiger partial charge in [-0.25, -0.2) is 15.0 Å². The standard InChI is InChI=1S/C35H35N3O5/c1-2-3-4-5-6-10-21-42-28-18-20-30(32(41)23-28)35-37-33(36-34(38-35)29-19-15-25(39)22-31(29)40)24-13-16-27(17-14-24)43-26-11-8-7-9-12-26/h7-9,11-20,22-23,39-41H,2-6,10,21H2,1H3. The van der Waals surface area contributed by atoms with Crippen molar-refractivity contribution in [2.45, 2.75) is 45.4 Å². The molecule has 3 N–H and O–H groups in total. The van der Waals surface area contributed by atoms with Crippen LogP contribution in [0.15, 0.2) is 91.0 Å². The molecule has 0 saturated heterocycles. The predicted molar refractivity (Wildman–Crippen MR) is 167 cm³/mol. The van der Waals surface area contributed by atoms with Gasteiger partial charge < -0.3 is 24.8 Å². The van der Waals surface area contributed by atoms with E-state index in [4.69, 9.17) is 9.47 Å². The molecule has 0 fully saturated rings. The van der Waals surface area contributed by atoms with Crippen LogP contribution in [0, 0.1) is 0 Å². The number of nitrogens with zero attached hydrogens (tertiary/aromatic N) is 3. The summed E-state index contributed by atoms with van der Waals surface area (Å²) in [6.07, 6.45) is 7.00. The van der Waals surface area contributed by atoms with Gasteiger partial charge in [-0.3, -0.25) is 0 Å². The highest BCUT2D eigenvalue weighted by atomic mass is 16.5. The zero-order chi connectivity index (χ0) is 30.0. The van der Waals surface area contributed by atoms with Gasteiger partial charge in [0.2, 0.25) is 0 Å². The molecule has 1 heterocycles. The third kappa shape index (κ3) is 7.80. The number of hydrogen-bond acceptors (Lipinski definition) is 8. The van der Waals surface area contributed by atoms with Crippen LogP contribution in [0.25, 0.3) is 34.2 Å². The third-order valence-electron chi connectivity index (χ3n) is 6.93. The summed E-state index contributed by atoms with van der Waals surface area (Å²) in [5.74, 6) is 2.37. The van der Waals surface area contributed by atoms with Crippen LogP contribution >= 0.6 is 0 Å². The summed E-state index contributed by atoms with van der Waals surface area (Å²) in [6.45, 7) is 2.78. The number of para-hydroxylation sites is 1. The summed E-state index contributed by atoms with van der Waals surface area (Å²) in [7, 11) is 0. The van der Waals surface area contributed by atoms with E-state index in [9.17, 15) is 15.3 Å². The van der Waals surface area contributed by atoms with Crippen molar-refractivity contribution >= 4 is 0 Å². The SMILES string of the molecule is CCCCCCCCOc1ccc(-c2nc(-c3ccc(Oc4ccccc4)cc3)nc(-c3ccc(O)cc3O)n2)c(O)c1. The highest BCUT2D eigenvalue weighted by Crippen LogP contribution is 2.35. The van der Waals surface area contributed by atoms with Crippen molar-refractivity contribution in [3.8, 4) is 68.7 Å². The summed E-state index contributed by atoms with van der Waals surface area (Å²) < 4.78 is 11.8. The molecule has 0 radical (unpaired) electrons. The number of unbranched alkanes of at least 4 members (excludes halogenated alkanes) is 5. The van der Waals surface area contributed by atoms with Crippen molar-refractivity contribution in [2.24, 2.45) is 0 Å². The molecule has 1 aromatic heterocycles. The normalized spacial score (nSPS) is 10.9. The highest BCUT2D eigenvalue weighted by molar-refractivity contribution is 5.72. The third-order valence-corrected chi connectivity index (χ3v) is 6.93. The first-order valence-corrected chi connectivity index (χ1v) is 14.6. The van der Waals surface area contributed by atoms with Crippen LogP contribution in [0.1, 0.15) is 45.4 Å².